The van der Waals surface area contributed by atoms with Gasteiger partial charge in [-0.1, -0.05) is 16.9 Å². The van der Waals surface area contributed by atoms with Crippen molar-refractivity contribution < 1.29 is 9.59 Å². The number of rotatable bonds is 2. The summed E-state index contributed by atoms with van der Waals surface area (Å²) in [5, 5.41) is 13.1. The van der Waals surface area contributed by atoms with Crippen molar-refractivity contribution in [3.63, 3.8) is 0 Å². The van der Waals surface area contributed by atoms with Gasteiger partial charge in [0.15, 0.2) is 5.12 Å². The van der Waals surface area contributed by atoms with Gasteiger partial charge >= 0.3 is 0 Å². The zero-order valence-electron chi connectivity index (χ0n) is 8.01. The summed E-state index contributed by atoms with van der Waals surface area (Å²) < 4.78 is 0. The van der Waals surface area contributed by atoms with Crippen LogP contribution in [0.4, 0.5) is 5.95 Å². The van der Waals surface area contributed by atoms with E-state index in [0.717, 1.165) is 0 Å². The molecule has 2 rings (SSSR count). The number of aromatic amines is 1. The molecule has 1 aromatic rings. The number of H-pyrrole nitrogens is 1. The molecule has 0 spiro atoms. The second kappa shape index (κ2) is 3.97. The van der Waals surface area contributed by atoms with Gasteiger partial charge in [0, 0.05) is 25.1 Å². The third kappa shape index (κ3) is 2.14. The van der Waals surface area contributed by atoms with Gasteiger partial charge in [-0.25, -0.2) is 0 Å². The fourth-order valence-corrected chi connectivity index (χ4v) is 2.37. The highest BCUT2D eigenvalue weighted by molar-refractivity contribution is 8.14. The maximum absolute atomic E-state index is 11.5. The lowest BCUT2D eigenvalue weighted by Crippen LogP contribution is -2.26. The molecule has 0 radical (unpaired) electrons. The Balaban J connectivity index is 2.05. The second-order valence-electron chi connectivity index (χ2n) is 3.15. The molecule has 1 unspecified atom stereocenters. The van der Waals surface area contributed by atoms with Gasteiger partial charge in [-0.15, -0.1) is 5.10 Å². The van der Waals surface area contributed by atoms with Crippen molar-refractivity contribution in [2.75, 3.05) is 11.4 Å². The summed E-state index contributed by atoms with van der Waals surface area (Å²) in [5.74, 6) is 0.196. The summed E-state index contributed by atoms with van der Waals surface area (Å²) >= 11 is 1.18. The van der Waals surface area contributed by atoms with Crippen LogP contribution in [-0.2, 0) is 9.59 Å². The molecule has 0 bridgehead atoms. The third-order valence-corrected chi connectivity index (χ3v) is 2.98. The molecule has 0 aromatic carbocycles. The minimum absolute atomic E-state index is 0.00602. The maximum atomic E-state index is 11.5. The smallest absolute Gasteiger partial charge is 0.272 e. The number of amides is 1. The topological polar surface area (TPSA) is 91.8 Å². The van der Waals surface area contributed by atoms with Crippen LogP contribution in [0.3, 0.4) is 0 Å². The van der Waals surface area contributed by atoms with Crippen molar-refractivity contribution in [2.24, 2.45) is 0 Å². The molecule has 1 aliphatic heterocycles. The van der Waals surface area contributed by atoms with Gasteiger partial charge < -0.3 is 0 Å². The van der Waals surface area contributed by atoms with Crippen LogP contribution in [0.2, 0.25) is 0 Å². The first-order chi connectivity index (χ1) is 7.16. The van der Waals surface area contributed by atoms with Crippen molar-refractivity contribution in [1.29, 1.82) is 0 Å². The summed E-state index contributed by atoms with van der Waals surface area (Å²) in [6.45, 7) is 1.95. The Morgan fingerprint density at radius 3 is 3.07 bits per heavy atom. The van der Waals surface area contributed by atoms with Gasteiger partial charge in [-0.2, -0.15) is 5.21 Å². The minimum atomic E-state index is -0.0739. The number of tetrazole rings is 1. The lowest BCUT2D eigenvalue weighted by atomic mass is 10.4. The fraction of sp³-hybridized carbons (Fsp3) is 0.571. The molecule has 2 heterocycles. The van der Waals surface area contributed by atoms with Gasteiger partial charge in [0.05, 0.1) is 0 Å². The third-order valence-electron chi connectivity index (χ3n) is 2.00. The Labute approximate surface area is 89.6 Å². The van der Waals surface area contributed by atoms with Crippen LogP contribution in [0.15, 0.2) is 0 Å². The number of anilines is 1. The van der Waals surface area contributed by atoms with Crippen LogP contribution in [0.5, 0.6) is 0 Å². The predicted molar refractivity (Wildman–Crippen MR) is 53.2 cm³/mol. The van der Waals surface area contributed by atoms with Crippen LogP contribution in [0.1, 0.15) is 13.3 Å². The molecule has 15 heavy (non-hydrogen) atoms. The van der Waals surface area contributed by atoms with Crippen LogP contribution in [-0.4, -0.2) is 43.4 Å². The molecular formula is C7H9N5O2S. The molecule has 1 atom stereocenters. The highest BCUT2D eigenvalue weighted by Crippen LogP contribution is 2.25. The van der Waals surface area contributed by atoms with E-state index in [1.54, 1.807) is 0 Å². The van der Waals surface area contributed by atoms with Crippen LogP contribution < -0.4 is 4.90 Å². The number of nitrogens with one attached hydrogen (secondary N) is 1. The molecule has 1 aliphatic rings. The Hall–Kier alpha value is -1.44. The summed E-state index contributed by atoms with van der Waals surface area (Å²) in [6, 6.07) is 0. The number of thioether (sulfide) groups is 1. The van der Waals surface area contributed by atoms with Gasteiger partial charge in [0.2, 0.25) is 5.91 Å². The normalized spacial score (nSPS) is 21.0. The van der Waals surface area contributed by atoms with E-state index in [2.05, 4.69) is 20.6 Å². The average molecular weight is 227 g/mol. The molecule has 1 saturated heterocycles. The summed E-state index contributed by atoms with van der Waals surface area (Å²) in [5.41, 5.74) is 0. The van der Waals surface area contributed by atoms with Crippen molar-refractivity contribution in [3.05, 3.63) is 0 Å². The monoisotopic (exact) mass is 227 g/mol. The zero-order chi connectivity index (χ0) is 10.8. The summed E-state index contributed by atoms with van der Waals surface area (Å²) in [7, 11) is 0. The standard InChI is InChI=1S/C7H9N5O2S/c1-4(13)15-5-2-6(14)12(3-5)7-8-10-11-9-7/h5H,2-3H2,1H3,(H,8,9,10,11). The van der Waals surface area contributed by atoms with E-state index in [0.29, 0.717) is 13.0 Å². The number of aromatic nitrogens is 4. The van der Waals surface area contributed by atoms with Crippen molar-refractivity contribution in [3.8, 4) is 0 Å². The predicted octanol–water partition coefficient (Wildman–Crippen LogP) is -0.415. The number of nitrogens with zero attached hydrogens (tertiary/aromatic N) is 4. The van der Waals surface area contributed by atoms with E-state index < -0.39 is 0 Å². The van der Waals surface area contributed by atoms with Crippen LogP contribution in [0.25, 0.3) is 0 Å². The highest BCUT2D eigenvalue weighted by Gasteiger charge is 2.33. The minimum Gasteiger partial charge on any atom is -0.288 e. The lowest BCUT2D eigenvalue weighted by Gasteiger charge is -2.09. The van der Waals surface area contributed by atoms with E-state index in [9.17, 15) is 9.59 Å². The van der Waals surface area contributed by atoms with Gasteiger partial charge in [-0.05, 0) is 5.21 Å². The number of carbonyl (C=O) groups is 2. The molecule has 1 aromatic heterocycles. The lowest BCUT2D eigenvalue weighted by molar-refractivity contribution is -0.117. The zero-order valence-corrected chi connectivity index (χ0v) is 8.82. The van der Waals surface area contributed by atoms with E-state index >= 15 is 0 Å². The van der Waals surface area contributed by atoms with E-state index in [-0.39, 0.29) is 22.2 Å². The maximum Gasteiger partial charge on any atom is 0.272 e. The molecule has 1 amide bonds. The first-order valence-corrected chi connectivity index (χ1v) is 5.26. The molecule has 80 valence electrons. The van der Waals surface area contributed by atoms with Crippen molar-refractivity contribution in [1.82, 2.24) is 20.6 Å². The largest absolute Gasteiger partial charge is 0.288 e. The first kappa shape index (κ1) is 10.1. The number of hydrogen-bond acceptors (Lipinski definition) is 6. The van der Waals surface area contributed by atoms with Crippen LogP contribution >= 0.6 is 11.8 Å². The molecule has 7 nitrogen and oxygen atoms in total. The first-order valence-electron chi connectivity index (χ1n) is 4.38. The highest BCUT2D eigenvalue weighted by atomic mass is 32.2. The molecule has 1 N–H and O–H groups in total. The Morgan fingerprint density at radius 1 is 1.67 bits per heavy atom. The van der Waals surface area contributed by atoms with Crippen LogP contribution in [0, 0.1) is 0 Å². The molecule has 0 saturated carbocycles. The Bertz CT molecular complexity index is 379. The number of carbonyl (C=O) groups excluding carboxylic acids is 2. The Kier molecular flexibility index (Phi) is 2.67. The molecule has 0 aliphatic carbocycles. The number of hydrogen-bond donors (Lipinski definition) is 1. The van der Waals surface area contributed by atoms with Gasteiger partial charge in [0.1, 0.15) is 0 Å². The average Bonchev–Trinajstić information content (AvgIpc) is 2.72. The fourth-order valence-electron chi connectivity index (χ4n) is 1.45. The quantitative estimate of drug-likeness (QED) is 0.738. The van der Waals surface area contributed by atoms with Gasteiger partial charge in [0.25, 0.3) is 5.95 Å². The Morgan fingerprint density at radius 2 is 2.47 bits per heavy atom. The molecular weight excluding hydrogens is 218 g/mol. The molecule has 1 fully saturated rings. The van der Waals surface area contributed by atoms with E-state index in [1.165, 1.54) is 23.6 Å². The SMILES string of the molecule is CC(=O)SC1CC(=O)N(c2nn[nH]n2)C1. The summed E-state index contributed by atoms with van der Waals surface area (Å²) in [4.78, 5) is 23.9. The van der Waals surface area contributed by atoms with Crippen molar-refractivity contribution >= 4 is 28.7 Å². The van der Waals surface area contributed by atoms with E-state index in [4.69, 9.17) is 0 Å². The summed E-state index contributed by atoms with van der Waals surface area (Å²) in [6.07, 6.45) is 0.346. The molecule has 8 heteroatoms. The van der Waals surface area contributed by atoms with Crippen molar-refractivity contribution in [2.45, 2.75) is 18.6 Å². The van der Waals surface area contributed by atoms with E-state index in [1.807, 2.05) is 0 Å². The second-order valence-corrected chi connectivity index (χ2v) is 4.63. The van der Waals surface area contributed by atoms with Gasteiger partial charge in [-0.3, -0.25) is 14.5 Å².